The Labute approximate surface area is 164 Å². The van der Waals surface area contributed by atoms with Gasteiger partial charge in [-0.15, -0.1) is 11.3 Å². The number of carbonyl (C=O) groups is 3. The number of hydrogen-bond donors (Lipinski definition) is 1. The Kier molecular flexibility index (Phi) is 6.08. The van der Waals surface area contributed by atoms with E-state index in [1.807, 2.05) is 5.38 Å². The van der Waals surface area contributed by atoms with E-state index in [2.05, 4.69) is 10.3 Å². The zero-order chi connectivity index (χ0) is 19.4. The maximum Gasteiger partial charge on any atom is 0.341 e. The average Bonchev–Trinajstić information content (AvgIpc) is 3.40. The number of esters is 2. The van der Waals surface area contributed by atoms with E-state index in [9.17, 15) is 14.4 Å². The smallest absolute Gasteiger partial charge is 0.341 e. The highest BCUT2D eigenvalue weighted by atomic mass is 35.5. The van der Waals surface area contributed by atoms with E-state index in [-0.39, 0.29) is 17.3 Å². The normalized spacial score (nSPS) is 13.1. The molecule has 0 spiro atoms. The third-order valence-corrected chi connectivity index (χ3v) is 4.99. The topological polar surface area (TPSA) is 94.6 Å². The maximum absolute atomic E-state index is 12.3. The fourth-order valence-corrected chi connectivity index (χ4v) is 3.70. The van der Waals surface area contributed by atoms with E-state index in [4.69, 9.17) is 21.1 Å². The zero-order valence-corrected chi connectivity index (χ0v) is 16.1. The molecule has 1 N–H and O–H groups in total. The van der Waals surface area contributed by atoms with Gasteiger partial charge in [-0.25, -0.2) is 14.6 Å². The first-order chi connectivity index (χ1) is 13.0. The summed E-state index contributed by atoms with van der Waals surface area (Å²) in [4.78, 5) is 40.2. The molecule has 1 amide bonds. The van der Waals surface area contributed by atoms with Crippen LogP contribution in [0.4, 0.5) is 5.00 Å². The lowest BCUT2D eigenvalue weighted by Crippen LogP contribution is -2.22. The van der Waals surface area contributed by atoms with Gasteiger partial charge in [0.05, 0.1) is 17.7 Å². The average molecular weight is 409 g/mol. The van der Waals surface area contributed by atoms with Crippen LogP contribution in [0.1, 0.15) is 52.0 Å². The van der Waals surface area contributed by atoms with Crippen LogP contribution in [0.3, 0.4) is 0 Å². The molecule has 3 rings (SSSR count). The van der Waals surface area contributed by atoms with Gasteiger partial charge in [-0.1, -0.05) is 11.6 Å². The Balaban J connectivity index is 1.64. The molecule has 1 aliphatic rings. The third-order valence-electron chi connectivity index (χ3n) is 3.87. The third kappa shape index (κ3) is 4.84. The number of pyridine rings is 1. The van der Waals surface area contributed by atoms with Gasteiger partial charge in [-0.2, -0.15) is 0 Å². The number of nitrogens with zero attached hydrogens (tertiary/aromatic N) is 1. The van der Waals surface area contributed by atoms with Crippen LogP contribution in [0.5, 0.6) is 0 Å². The number of aromatic nitrogens is 1. The van der Waals surface area contributed by atoms with Crippen LogP contribution in [0.2, 0.25) is 5.15 Å². The van der Waals surface area contributed by atoms with Crippen LogP contribution in [0, 0.1) is 0 Å². The van der Waals surface area contributed by atoms with Crippen molar-refractivity contribution in [2.45, 2.75) is 25.7 Å². The Morgan fingerprint density at radius 1 is 1.30 bits per heavy atom. The van der Waals surface area contributed by atoms with Gasteiger partial charge in [0.2, 0.25) is 0 Å². The zero-order valence-electron chi connectivity index (χ0n) is 14.5. The summed E-state index contributed by atoms with van der Waals surface area (Å²) in [6.07, 6.45) is 3.40. The molecule has 1 fully saturated rings. The largest absolute Gasteiger partial charge is 0.462 e. The predicted molar refractivity (Wildman–Crippen MR) is 100 cm³/mol. The van der Waals surface area contributed by atoms with Crippen molar-refractivity contribution in [3.8, 4) is 0 Å². The van der Waals surface area contributed by atoms with E-state index in [1.165, 1.54) is 29.7 Å². The van der Waals surface area contributed by atoms with Crippen LogP contribution < -0.4 is 5.32 Å². The fourth-order valence-electron chi connectivity index (χ4n) is 2.48. The van der Waals surface area contributed by atoms with Gasteiger partial charge < -0.3 is 14.8 Å². The van der Waals surface area contributed by atoms with E-state index in [0.29, 0.717) is 16.5 Å². The molecular formula is C18H17ClN2O5S. The number of rotatable bonds is 7. The minimum absolute atomic E-state index is 0.152. The van der Waals surface area contributed by atoms with Crippen molar-refractivity contribution in [2.75, 3.05) is 18.5 Å². The summed E-state index contributed by atoms with van der Waals surface area (Å²) in [5.74, 6) is -1.36. The molecule has 2 heterocycles. The summed E-state index contributed by atoms with van der Waals surface area (Å²) >= 11 is 6.98. The lowest BCUT2D eigenvalue weighted by Gasteiger charge is -2.09. The van der Waals surface area contributed by atoms with Crippen molar-refractivity contribution in [1.29, 1.82) is 0 Å². The summed E-state index contributed by atoms with van der Waals surface area (Å²) in [5.41, 5.74) is 1.49. The minimum Gasteiger partial charge on any atom is -0.462 e. The molecule has 0 bridgehead atoms. The lowest BCUT2D eigenvalue weighted by molar-refractivity contribution is -0.119. The Hall–Kier alpha value is -2.45. The molecule has 7 nitrogen and oxygen atoms in total. The first-order valence-corrected chi connectivity index (χ1v) is 9.62. The van der Waals surface area contributed by atoms with Crippen LogP contribution in [0.15, 0.2) is 23.7 Å². The molecule has 1 aliphatic carbocycles. The summed E-state index contributed by atoms with van der Waals surface area (Å²) < 4.78 is 10.1. The van der Waals surface area contributed by atoms with Gasteiger partial charge in [0.25, 0.3) is 5.91 Å². The predicted octanol–water partition coefficient (Wildman–Crippen LogP) is 3.65. The van der Waals surface area contributed by atoms with E-state index < -0.39 is 24.5 Å². The van der Waals surface area contributed by atoms with Gasteiger partial charge in [-0.05, 0) is 48.8 Å². The quantitative estimate of drug-likeness (QED) is 0.555. The summed E-state index contributed by atoms with van der Waals surface area (Å²) in [5, 5.41) is 5.06. The highest BCUT2D eigenvalue weighted by molar-refractivity contribution is 7.15. The molecule has 1 saturated carbocycles. The Morgan fingerprint density at radius 2 is 2.07 bits per heavy atom. The van der Waals surface area contributed by atoms with Crippen LogP contribution in [-0.4, -0.2) is 36.0 Å². The number of halogens is 1. The molecule has 142 valence electrons. The number of hydrogen-bond acceptors (Lipinski definition) is 7. The van der Waals surface area contributed by atoms with E-state index in [0.717, 1.165) is 18.4 Å². The molecule has 0 atom stereocenters. The molecule has 0 unspecified atom stereocenters. The fraction of sp³-hybridized carbons (Fsp3) is 0.333. The monoisotopic (exact) mass is 408 g/mol. The van der Waals surface area contributed by atoms with E-state index >= 15 is 0 Å². The molecule has 0 saturated heterocycles. The highest BCUT2D eigenvalue weighted by Gasteiger charge is 2.32. The summed E-state index contributed by atoms with van der Waals surface area (Å²) in [6, 6.07) is 2.79. The summed E-state index contributed by atoms with van der Waals surface area (Å²) in [7, 11) is 0. The van der Waals surface area contributed by atoms with Crippen molar-refractivity contribution in [3.05, 3.63) is 45.6 Å². The number of anilines is 1. The number of thiophene rings is 1. The lowest BCUT2D eigenvalue weighted by atomic mass is 10.1. The van der Waals surface area contributed by atoms with Crippen molar-refractivity contribution in [1.82, 2.24) is 4.98 Å². The number of ether oxygens (including phenoxy) is 2. The molecular weight excluding hydrogens is 392 g/mol. The van der Waals surface area contributed by atoms with Gasteiger partial charge in [0.1, 0.15) is 10.2 Å². The maximum atomic E-state index is 12.3. The van der Waals surface area contributed by atoms with Crippen molar-refractivity contribution >= 4 is 45.8 Å². The second-order valence-electron chi connectivity index (χ2n) is 5.88. The standard InChI is InChI=1S/C18H17ClN2O5S/c1-2-25-18(24)15-12(10-3-4-10)9-27-16(15)21-14(22)8-26-17(23)11-5-6-20-13(19)7-11/h5-7,9-10H,2-4,8H2,1H3,(H,21,22). The summed E-state index contributed by atoms with van der Waals surface area (Å²) in [6.45, 7) is 1.49. The number of nitrogens with one attached hydrogen (secondary N) is 1. The SMILES string of the molecule is CCOC(=O)c1c(C2CC2)csc1NC(=O)COC(=O)c1ccnc(Cl)c1. The van der Waals surface area contributed by atoms with Gasteiger partial charge >= 0.3 is 11.9 Å². The van der Waals surface area contributed by atoms with Crippen molar-refractivity contribution in [2.24, 2.45) is 0 Å². The number of carbonyl (C=O) groups excluding carboxylic acids is 3. The molecule has 9 heteroatoms. The molecule has 0 radical (unpaired) electrons. The van der Waals surface area contributed by atoms with E-state index in [1.54, 1.807) is 6.92 Å². The first-order valence-electron chi connectivity index (χ1n) is 8.36. The Morgan fingerprint density at radius 3 is 2.74 bits per heavy atom. The minimum atomic E-state index is -0.690. The Bertz CT molecular complexity index is 878. The second kappa shape index (κ2) is 8.49. The van der Waals surface area contributed by atoms with Crippen LogP contribution in [0.25, 0.3) is 0 Å². The molecule has 2 aromatic heterocycles. The molecule has 0 aliphatic heterocycles. The van der Waals surface area contributed by atoms with Gasteiger partial charge in [0.15, 0.2) is 6.61 Å². The first kappa shape index (κ1) is 19.3. The van der Waals surface area contributed by atoms with Gasteiger partial charge in [-0.3, -0.25) is 4.79 Å². The van der Waals surface area contributed by atoms with Crippen LogP contribution in [-0.2, 0) is 14.3 Å². The molecule has 0 aromatic carbocycles. The molecule has 27 heavy (non-hydrogen) atoms. The van der Waals surface area contributed by atoms with Crippen LogP contribution >= 0.6 is 22.9 Å². The number of amides is 1. The molecule has 2 aromatic rings. The highest BCUT2D eigenvalue weighted by Crippen LogP contribution is 2.46. The van der Waals surface area contributed by atoms with Crippen molar-refractivity contribution < 1.29 is 23.9 Å². The second-order valence-corrected chi connectivity index (χ2v) is 7.15. The van der Waals surface area contributed by atoms with Crippen molar-refractivity contribution in [3.63, 3.8) is 0 Å². The van der Waals surface area contributed by atoms with Gasteiger partial charge in [0, 0.05) is 6.20 Å².